The van der Waals surface area contributed by atoms with Gasteiger partial charge in [-0.3, -0.25) is 9.78 Å². The van der Waals surface area contributed by atoms with E-state index >= 15 is 0 Å². The fraction of sp³-hybridized carbons (Fsp3) is 0.409. The van der Waals surface area contributed by atoms with E-state index in [1.807, 2.05) is 36.4 Å². The Balaban J connectivity index is 1.74. The van der Waals surface area contributed by atoms with Crippen LogP contribution in [0, 0.1) is 0 Å². The first kappa shape index (κ1) is 21.1. The number of Topliss-reactive ketones (excluding diaryl/α,β-unsaturated/α-hetero) is 1. The molecule has 0 amide bonds. The van der Waals surface area contributed by atoms with Crippen LogP contribution in [-0.2, 0) is 29.1 Å². The molecule has 7 nitrogen and oxygen atoms in total. The Kier molecular flexibility index (Phi) is 7.09. The van der Waals surface area contributed by atoms with Crippen molar-refractivity contribution < 1.29 is 24.9 Å². The van der Waals surface area contributed by atoms with Crippen molar-refractivity contribution in [1.82, 2.24) is 4.98 Å². The molecule has 0 saturated carbocycles. The van der Waals surface area contributed by atoms with Gasteiger partial charge in [0.15, 0.2) is 0 Å². The lowest BCUT2D eigenvalue weighted by Crippen LogP contribution is -2.20. The summed E-state index contributed by atoms with van der Waals surface area (Å²) < 4.78 is 5.42. The van der Waals surface area contributed by atoms with Gasteiger partial charge in [0.2, 0.25) is 5.90 Å². The summed E-state index contributed by atoms with van der Waals surface area (Å²) >= 11 is 0. The molecule has 1 aliphatic heterocycles. The second-order valence-electron chi connectivity index (χ2n) is 7.12. The van der Waals surface area contributed by atoms with Crippen molar-refractivity contribution in [2.45, 2.75) is 44.9 Å². The topological polar surface area (TPSA) is 112 Å². The van der Waals surface area contributed by atoms with Gasteiger partial charge >= 0.3 is 0 Å². The molecule has 0 saturated heterocycles. The molecule has 7 heteroatoms. The number of pyridine rings is 1. The average Bonchev–Trinajstić information content (AvgIpc) is 3.13. The molecule has 1 aromatic heterocycles. The molecule has 0 fully saturated rings. The third kappa shape index (κ3) is 5.06. The molecule has 2 heterocycles. The molecule has 3 rings (SSSR count). The standard InChI is InChI=1S/C22H26N2O5/c1-14(27)19(15-5-3-2-4-6-15)11-18(28)10-17-9-16-12-23-22(29-8-7-25)21(16)20(13-26)24-17/h2-6,9,14,19,25-27H,7-8,10-13H2,1H3/t14-,19+/m0/s1. The maximum Gasteiger partial charge on any atom is 0.218 e. The third-order valence-corrected chi connectivity index (χ3v) is 4.95. The van der Waals surface area contributed by atoms with Crippen LogP contribution in [0.25, 0.3) is 0 Å². The molecular formula is C22H26N2O5. The van der Waals surface area contributed by atoms with Crippen LogP contribution in [0.1, 0.15) is 47.3 Å². The van der Waals surface area contributed by atoms with E-state index in [0.717, 1.165) is 11.1 Å². The summed E-state index contributed by atoms with van der Waals surface area (Å²) in [4.78, 5) is 21.4. The van der Waals surface area contributed by atoms with Gasteiger partial charge in [0, 0.05) is 24.5 Å². The zero-order chi connectivity index (χ0) is 20.8. The predicted octanol–water partition coefficient (Wildman–Crippen LogP) is 1.51. The Labute approximate surface area is 169 Å². The number of aliphatic hydroxyl groups excluding tert-OH is 3. The van der Waals surface area contributed by atoms with E-state index < -0.39 is 6.10 Å². The van der Waals surface area contributed by atoms with Gasteiger partial charge in [-0.05, 0) is 24.1 Å². The number of nitrogens with zero attached hydrogens (tertiary/aromatic N) is 2. The highest BCUT2D eigenvalue weighted by Gasteiger charge is 2.25. The monoisotopic (exact) mass is 398 g/mol. The number of benzene rings is 1. The van der Waals surface area contributed by atoms with E-state index in [1.165, 1.54) is 0 Å². The molecule has 2 aromatic rings. The molecule has 0 unspecified atom stereocenters. The van der Waals surface area contributed by atoms with E-state index in [0.29, 0.717) is 29.4 Å². The molecule has 0 spiro atoms. The lowest BCUT2D eigenvalue weighted by Gasteiger charge is -2.20. The first-order valence-corrected chi connectivity index (χ1v) is 9.69. The minimum atomic E-state index is -0.651. The second-order valence-corrected chi connectivity index (χ2v) is 7.12. The molecule has 0 bridgehead atoms. The summed E-state index contributed by atoms with van der Waals surface area (Å²) in [7, 11) is 0. The summed E-state index contributed by atoms with van der Waals surface area (Å²) in [6.07, 6.45) is -0.332. The van der Waals surface area contributed by atoms with Gasteiger partial charge in [-0.2, -0.15) is 0 Å². The highest BCUT2D eigenvalue weighted by Crippen LogP contribution is 2.26. The second kappa shape index (κ2) is 9.73. The summed E-state index contributed by atoms with van der Waals surface area (Å²) in [6.45, 7) is 1.76. The predicted molar refractivity (Wildman–Crippen MR) is 108 cm³/mol. The van der Waals surface area contributed by atoms with Gasteiger partial charge in [0.25, 0.3) is 0 Å². The van der Waals surface area contributed by atoms with Gasteiger partial charge in [0.1, 0.15) is 12.4 Å². The maximum absolute atomic E-state index is 12.7. The summed E-state index contributed by atoms with van der Waals surface area (Å²) in [5, 5.41) is 28.8. The van der Waals surface area contributed by atoms with E-state index in [4.69, 9.17) is 9.84 Å². The Hall–Kier alpha value is -2.61. The number of ketones is 1. The minimum absolute atomic E-state index is 0.0354. The number of carbonyl (C=O) groups excluding carboxylic acids is 1. The smallest absolute Gasteiger partial charge is 0.218 e. The number of ether oxygens (including phenoxy) is 1. The number of hydrogen-bond donors (Lipinski definition) is 3. The largest absolute Gasteiger partial charge is 0.475 e. The van der Waals surface area contributed by atoms with Crippen molar-refractivity contribution >= 4 is 11.7 Å². The van der Waals surface area contributed by atoms with E-state index in [9.17, 15) is 15.0 Å². The Morgan fingerprint density at radius 1 is 1.24 bits per heavy atom. The molecular weight excluding hydrogens is 372 g/mol. The van der Waals surface area contributed by atoms with E-state index in [2.05, 4.69) is 9.98 Å². The van der Waals surface area contributed by atoms with Gasteiger partial charge < -0.3 is 20.1 Å². The first-order valence-electron chi connectivity index (χ1n) is 9.69. The highest BCUT2D eigenvalue weighted by atomic mass is 16.5. The molecule has 0 aliphatic carbocycles. The molecule has 3 N–H and O–H groups in total. The zero-order valence-electron chi connectivity index (χ0n) is 16.4. The van der Waals surface area contributed by atoms with Gasteiger partial charge in [-0.15, -0.1) is 0 Å². The normalized spacial score (nSPS) is 14.8. The number of rotatable bonds is 9. The number of aromatic nitrogens is 1. The Morgan fingerprint density at radius 3 is 2.66 bits per heavy atom. The highest BCUT2D eigenvalue weighted by molar-refractivity contribution is 5.98. The minimum Gasteiger partial charge on any atom is -0.475 e. The van der Waals surface area contributed by atoms with Crippen LogP contribution in [0.3, 0.4) is 0 Å². The van der Waals surface area contributed by atoms with E-state index in [1.54, 1.807) is 6.92 Å². The molecule has 2 atom stereocenters. The fourth-order valence-electron chi connectivity index (χ4n) is 3.59. The van der Waals surface area contributed by atoms with Crippen molar-refractivity contribution in [3.05, 3.63) is 64.5 Å². The number of fused-ring (bicyclic) bond motifs is 1. The summed E-state index contributed by atoms with van der Waals surface area (Å²) in [5.41, 5.74) is 3.38. The van der Waals surface area contributed by atoms with E-state index in [-0.39, 0.29) is 44.4 Å². The lowest BCUT2D eigenvalue weighted by molar-refractivity contribution is -0.119. The Morgan fingerprint density at radius 2 is 2.00 bits per heavy atom. The third-order valence-electron chi connectivity index (χ3n) is 4.95. The van der Waals surface area contributed by atoms with Crippen LogP contribution in [0.5, 0.6) is 0 Å². The lowest BCUT2D eigenvalue weighted by atomic mass is 9.88. The molecule has 0 radical (unpaired) electrons. The number of carbonyl (C=O) groups is 1. The van der Waals surface area contributed by atoms with Crippen LogP contribution >= 0.6 is 0 Å². The van der Waals surface area contributed by atoms with Gasteiger partial charge in [-0.25, -0.2) is 4.99 Å². The Bertz CT molecular complexity index is 880. The molecule has 29 heavy (non-hydrogen) atoms. The van der Waals surface area contributed by atoms with Crippen LogP contribution in [-0.4, -0.2) is 51.3 Å². The van der Waals surface area contributed by atoms with Crippen LogP contribution < -0.4 is 0 Å². The van der Waals surface area contributed by atoms with Crippen LogP contribution in [0.4, 0.5) is 0 Å². The summed E-state index contributed by atoms with van der Waals surface area (Å²) in [6, 6.07) is 11.3. The SMILES string of the molecule is C[C@H](O)[C@@H](CC(=O)Cc1cc2c(c(CO)n1)C(OCCO)=NC2)c1ccccc1. The van der Waals surface area contributed by atoms with Crippen molar-refractivity contribution in [3.63, 3.8) is 0 Å². The van der Waals surface area contributed by atoms with Gasteiger partial charge in [0.05, 0.1) is 37.1 Å². The maximum atomic E-state index is 12.7. The zero-order valence-corrected chi connectivity index (χ0v) is 16.4. The average molecular weight is 398 g/mol. The number of hydrogen-bond acceptors (Lipinski definition) is 7. The first-order chi connectivity index (χ1) is 14.0. The van der Waals surface area contributed by atoms with Crippen molar-refractivity contribution in [2.24, 2.45) is 4.99 Å². The summed E-state index contributed by atoms with van der Waals surface area (Å²) in [5.74, 6) is 0.0470. The van der Waals surface area contributed by atoms with Crippen molar-refractivity contribution in [3.8, 4) is 0 Å². The number of aliphatic imine (C=N–C) groups is 1. The molecule has 1 aliphatic rings. The quantitative estimate of drug-likeness (QED) is 0.590. The molecule has 1 aromatic carbocycles. The number of aliphatic hydroxyl groups is 3. The van der Waals surface area contributed by atoms with Crippen LogP contribution in [0.2, 0.25) is 0 Å². The van der Waals surface area contributed by atoms with Crippen molar-refractivity contribution in [2.75, 3.05) is 13.2 Å². The van der Waals surface area contributed by atoms with Crippen molar-refractivity contribution in [1.29, 1.82) is 0 Å². The molecule has 154 valence electrons. The fourth-order valence-corrected chi connectivity index (χ4v) is 3.59. The van der Waals surface area contributed by atoms with Gasteiger partial charge in [-0.1, -0.05) is 30.3 Å². The van der Waals surface area contributed by atoms with Crippen LogP contribution in [0.15, 0.2) is 41.4 Å².